The van der Waals surface area contributed by atoms with Crippen LogP contribution in [-0.4, -0.2) is 54.7 Å². The Kier molecular flexibility index (Phi) is 7.00. The van der Waals surface area contributed by atoms with Gasteiger partial charge in [-0.05, 0) is 56.9 Å². The summed E-state index contributed by atoms with van der Waals surface area (Å²) < 4.78 is 76.7. The van der Waals surface area contributed by atoms with Crippen LogP contribution < -0.4 is 4.74 Å². The fourth-order valence-electron chi connectivity index (χ4n) is 5.58. The van der Waals surface area contributed by atoms with Crippen LogP contribution in [0.4, 0.5) is 13.2 Å². The number of benzene rings is 2. The molecule has 5 rings (SSSR count). The van der Waals surface area contributed by atoms with E-state index in [4.69, 9.17) is 4.74 Å². The van der Waals surface area contributed by atoms with Crippen molar-refractivity contribution >= 4 is 15.9 Å². The van der Waals surface area contributed by atoms with Gasteiger partial charge < -0.3 is 9.64 Å². The van der Waals surface area contributed by atoms with Crippen molar-refractivity contribution in [1.29, 1.82) is 0 Å². The summed E-state index contributed by atoms with van der Waals surface area (Å²) in [5.74, 6) is -3.20. The van der Waals surface area contributed by atoms with Gasteiger partial charge in [0.05, 0.1) is 11.5 Å². The van der Waals surface area contributed by atoms with E-state index in [9.17, 15) is 22.0 Å². The monoisotopic (exact) mass is 536 g/mol. The number of carbonyl (C=O) groups excluding carboxylic acids is 1. The Morgan fingerprint density at radius 2 is 1.84 bits per heavy atom. The largest absolute Gasteiger partial charge is 0.493 e. The molecule has 0 N–H and O–H groups in total. The van der Waals surface area contributed by atoms with E-state index >= 15 is 4.39 Å². The maximum Gasteiger partial charge on any atom is 0.248 e. The molecule has 0 radical (unpaired) electrons. The van der Waals surface area contributed by atoms with Crippen LogP contribution in [0.25, 0.3) is 0 Å². The number of sulfonamides is 1. The molecule has 0 spiro atoms. The van der Waals surface area contributed by atoms with Gasteiger partial charge in [-0.3, -0.25) is 4.79 Å². The molecular weight excluding hydrogens is 505 g/mol. The smallest absolute Gasteiger partial charge is 0.248 e. The lowest BCUT2D eigenvalue weighted by Gasteiger charge is -2.39. The number of halogens is 3. The van der Waals surface area contributed by atoms with Gasteiger partial charge >= 0.3 is 0 Å². The van der Waals surface area contributed by atoms with Crippen molar-refractivity contribution in [2.75, 3.05) is 13.2 Å². The fraction of sp³-hybridized carbons (Fsp3) is 0.519. The van der Waals surface area contributed by atoms with Gasteiger partial charge in [0.15, 0.2) is 0 Å². The molecule has 2 heterocycles. The number of carbonyl (C=O) groups is 1. The molecule has 2 aromatic carbocycles. The van der Waals surface area contributed by atoms with Gasteiger partial charge in [-0.15, -0.1) is 0 Å². The second-order valence-electron chi connectivity index (χ2n) is 10.3. The lowest BCUT2D eigenvalue weighted by Crippen LogP contribution is -2.52. The summed E-state index contributed by atoms with van der Waals surface area (Å²) >= 11 is 0. The summed E-state index contributed by atoms with van der Waals surface area (Å²) in [6.45, 7) is 2.36. The van der Waals surface area contributed by atoms with E-state index in [0.29, 0.717) is 31.6 Å². The first kappa shape index (κ1) is 26.0. The highest BCUT2D eigenvalue weighted by molar-refractivity contribution is 7.89. The van der Waals surface area contributed by atoms with Crippen LogP contribution in [0.3, 0.4) is 0 Å². The number of hydrogen-bond acceptors (Lipinski definition) is 4. The van der Waals surface area contributed by atoms with Gasteiger partial charge in [-0.1, -0.05) is 17.7 Å². The first-order valence-electron chi connectivity index (χ1n) is 12.8. The molecule has 10 heteroatoms. The molecule has 3 aliphatic rings. The van der Waals surface area contributed by atoms with Gasteiger partial charge in [0, 0.05) is 49.5 Å². The minimum absolute atomic E-state index is 0.0687. The van der Waals surface area contributed by atoms with E-state index in [-0.39, 0.29) is 49.2 Å². The van der Waals surface area contributed by atoms with Crippen LogP contribution in [-0.2, 0) is 27.8 Å². The molecular formula is C27H31F3N2O4S. The van der Waals surface area contributed by atoms with Crippen LogP contribution in [0, 0.1) is 12.7 Å². The SMILES string of the molecule is Cc1ccc(S(=O)(=O)N2CCC[C@H]2C(=O)N(Cc2cc3c(cc2F)CCO3)C2CCC(F)(F)CC2)cc1. The number of fused-ring (bicyclic) bond motifs is 1. The molecule has 6 nitrogen and oxygen atoms in total. The molecule has 0 unspecified atom stereocenters. The number of rotatable bonds is 6. The number of ether oxygens (including phenoxy) is 1. The van der Waals surface area contributed by atoms with Crippen molar-refractivity contribution in [3.8, 4) is 5.75 Å². The van der Waals surface area contributed by atoms with Crippen LogP contribution in [0.1, 0.15) is 55.2 Å². The minimum Gasteiger partial charge on any atom is -0.493 e. The molecule has 1 aliphatic carbocycles. The minimum atomic E-state index is -3.95. The lowest BCUT2D eigenvalue weighted by atomic mass is 9.90. The Balaban J connectivity index is 1.45. The molecule has 200 valence electrons. The molecule has 2 fully saturated rings. The van der Waals surface area contributed by atoms with E-state index < -0.39 is 39.8 Å². The number of hydrogen-bond donors (Lipinski definition) is 0. The predicted octanol–water partition coefficient (Wildman–Crippen LogP) is 4.83. The molecule has 2 aromatic rings. The number of amides is 1. The second kappa shape index (κ2) is 9.94. The van der Waals surface area contributed by atoms with Gasteiger partial charge in [0.25, 0.3) is 0 Å². The van der Waals surface area contributed by atoms with Crippen LogP contribution in [0.5, 0.6) is 5.75 Å². The van der Waals surface area contributed by atoms with E-state index in [2.05, 4.69) is 0 Å². The topological polar surface area (TPSA) is 66.9 Å². The first-order chi connectivity index (χ1) is 17.5. The molecule has 1 amide bonds. The number of aryl methyl sites for hydroxylation is 1. The first-order valence-corrected chi connectivity index (χ1v) is 14.2. The lowest BCUT2D eigenvalue weighted by molar-refractivity contribution is -0.141. The Morgan fingerprint density at radius 3 is 2.54 bits per heavy atom. The van der Waals surface area contributed by atoms with Gasteiger partial charge in [-0.25, -0.2) is 21.6 Å². The molecule has 1 saturated heterocycles. The summed E-state index contributed by atoms with van der Waals surface area (Å²) in [7, 11) is -3.95. The van der Waals surface area contributed by atoms with Crippen molar-refractivity contribution in [1.82, 2.24) is 9.21 Å². The van der Waals surface area contributed by atoms with Crippen molar-refractivity contribution in [3.63, 3.8) is 0 Å². The van der Waals surface area contributed by atoms with Crippen LogP contribution >= 0.6 is 0 Å². The standard InChI is InChI=1S/C27H31F3N2O4S/c1-18-4-6-22(7-5-18)37(34,35)32-13-2-3-24(32)26(33)31(21-8-11-27(29,30)12-9-21)17-20-16-25-19(10-14-36-25)15-23(20)28/h4-7,15-16,21,24H,2-3,8-14,17H2,1H3/t24-/m0/s1. The number of alkyl halides is 2. The summed E-state index contributed by atoms with van der Waals surface area (Å²) in [6.07, 6.45) is 0.817. The van der Waals surface area contributed by atoms with Gasteiger partial charge in [0.2, 0.25) is 21.9 Å². The zero-order chi connectivity index (χ0) is 26.4. The maximum atomic E-state index is 15.0. The quantitative estimate of drug-likeness (QED) is 0.531. The third-order valence-electron chi connectivity index (χ3n) is 7.73. The van der Waals surface area contributed by atoms with E-state index in [0.717, 1.165) is 11.1 Å². The molecule has 2 aliphatic heterocycles. The zero-order valence-electron chi connectivity index (χ0n) is 20.8. The van der Waals surface area contributed by atoms with E-state index in [1.54, 1.807) is 18.2 Å². The maximum absolute atomic E-state index is 15.0. The van der Waals surface area contributed by atoms with Crippen molar-refractivity contribution < 1.29 is 31.1 Å². The normalized spacial score (nSPS) is 22.0. The van der Waals surface area contributed by atoms with Crippen molar-refractivity contribution in [2.24, 2.45) is 0 Å². The third-order valence-corrected chi connectivity index (χ3v) is 9.65. The van der Waals surface area contributed by atoms with Crippen LogP contribution in [0.2, 0.25) is 0 Å². The van der Waals surface area contributed by atoms with Crippen LogP contribution in [0.15, 0.2) is 41.3 Å². The summed E-state index contributed by atoms with van der Waals surface area (Å²) in [6, 6.07) is 7.91. The van der Waals surface area contributed by atoms with Crippen molar-refractivity contribution in [3.05, 3.63) is 58.9 Å². The molecule has 1 saturated carbocycles. The third kappa shape index (κ3) is 5.23. The zero-order valence-corrected chi connectivity index (χ0v) is 21.6. The Bertz CT molecular complexity index is 1270. The van der Waals surface area contributed by atoms with E-state index in [1.807, 2.05) is 6.92 Å². The molecule has 0 aromatic heterocycles. The average molecular weight is 537 g/mol. The van der Waals surface area contributed by atoms with Gasteiger partial charge in [0.1, 0.15) is 17.6 Å². The summed E-state index contributed by atoms with van der Waals surface area (Å²) in [5, 5.41) is 0. The Hall–Kier alpha value is -2.59. The van der Waals surface area contributed by atoms with E-state index in [1.165, 1.54) is 27.4 Å². The summed E-state index contributed by atoms with van der Waals surface area (Å²) in [4.78, 5) is 15.5. The highest BCUT2D eigenvalue weighted by Crippen LogP contribution is 2.38. The van der Waals surface area contributed by atoms with Crippen molar-refractivity contribution in [2.45, 2.75) is 81.3 Å². The predicted molar refractivity (Wildman–Crippen MR) is 131 cm³/mol. The fourth-order valence-corrected chi connectivity index (χ4v) is 7.23. The Labute approximate surface area is 215 Å². The molecule has 1 atom stereocenters. The second-order valence-corrected chi connectivity index (χ2v) is 12.2. The number of nitrogens with zero attached hydrogens (tertiary/aromatic N) is 2. The summed E-state index contributed by atoms with van der Waals surface area (Å²) in [5.41, 5.74) is 1.90. The average Bonchev–Trinajstić information content (AvgIpc) is 3.53. The molecule has 0 bridgehead atoms. The Morgan fingerprint density at radius 1 is 1.14 bits per heavy atom. The molecule has 37 heavy (non-hydrogen) atoms. The van der Waals surface area contributed by atoms with Gasteiger partial charge in [-0.2, -0.15) is 4.31 Å². The highest BCUT2D eigenvalue weighted by Gasteiger charge is 2.44. The highest BCUT2D eigenvalue weighted by atomic mass is 32.2.